The first-order chi connectivity index (χ1) is 14.0. The number of halogens is 1. The summed E-state index contributed by atoms with van der Waals surface area (Å²) in [7, 11) is 1.75. The number of carbonyl (C=O) groups is 1. The van der Waals surface area contributed by atoms with Crippen molar-refractivity contribution in [3.8, 4) is 0 Å². The Morgan fingerprint density at radius 1 is 1.17 bits per heavy atom. The van der Waals surface area contributed by atoms with E-state index in [1.807, 2.05) is 38.1 Å². The molecule has 1 atom stereocenters. The van der Waals surface area contributed by atoms with Crippen molar-refractivity contribution in [2.24, 2.45) is 4.99 Å². The van der Waals surface area contributed by atoms with Crippen LogP contribution in [0.3, 0.4) is 0 Å². The second-order valence-corrected chi connectivity index (χ2v) is 7.52. The van der Waals surface area contributed by atoms with Gasteiger partial charge in [0.1, 0.15) is 0 Å². The summed E-state index contributed by atoms with van der Waals surface area (Å²) in [6.45, 7) is 6.00. The van der Waals surface area contributed by atoms with E-state index in [-0.39, 0.29) is 41.9 Å². The number of hydrogen-bond donors (Lipinski definition) is 3. The molecule has 0 aromatic heterocycles. The van der Waals surface area contributed by atoms with Crippen LogP contribution in [0.2, 0.25) is 0 Å². The lowest BCUT2D eigenvalue weighted by Crippen LogP contribution is -2.40. The highest BCUT2D eigenvalue weighted by molar-refractivity contribution is 14.0. The van der Waals surface area contributed by atoms with Gasteiger partial charge in [0.25, 0.3) is 0 Å². The number of rotatable bonds is 7. The SMILES string of the molecule is CN=C(NCc1cccc(COC(C)C)c1)NCC1CC(=O)Nc2ccccc21.I. The van der Waals surface area contributed by atoms with E-state index < -0.39 is 0 Å². The first kappa shape index (κ1) is 24.1. The highest BCUT2D eigenvalue weighted by Gasteiger charge is 2.24. The first-order valence-electron chi connectivity index (χ1n) is 10.1. The van der Waals surface area contributed by atoms with Gasteiger partial charge in [0.2, 0.25) is 5.91 Å². The van der Waals surface area contributed by atoms with E-state index in [1.165, 1.54) is 5.56 Å². The van der Waals surface area contributed by atoms with Gasteiger partial charge in [0, 0.05) is 38.2 Å². The van der Waals surface area contributed by atoms with Gasteiger partial charge in [0.05, 0.1) is 12.7 Å². The zero-order valence-corrected chi connectivity index (χ0v) is 20.1. The van der Waals surface area contributed by atoms with Crippen molar-refractivity contribution in [2.75, 3.05) is 18.9 Å². The molecule has 2 aromatic carbocycles. The van der Waals surface area contributed by atoms with E-state index in [0.717, 1.165) is 22.8 Å². The van der Waals surface area contributed by atoms with Crippen molar-refractivity contribution >= 4 is 41.5 Å². The van der Waals surface area contributed by atoms with Crippen LogP contribution in [0.5, 0.6) is 0 Å². The fourth-order valence-corrected chi connectivity index (χ4v) is 3.40. The number of guanidine groups is 1. The van der Waals surface area contributed by atoms with E-state index in [4.69, 9.17) is 4.74 Å². The standard InChI is InChI=1S/C23H30N4O2.HI/c1-16(2)29-15-18-8-6-7-17(11-18)13-25-23(24-3)26-14-19-12-22(28)27-21-10-5-4-9-20(19)21;/h4-11,16,19H,12-15H2,1-3H3,(H,27,28)(H2,24,25,26);1H. The number of nitrogens with one attached hydrogen (secondary N) is 3. The molecule has 1 heterocycles. The summed E-state index contributed by atoms with van der Waals surface area (Å²) in [5, 5.41) is 9.65. The van der Waals surface area contributed by atoms with Gasteiger partial charge in [-0.05, 0) is 36.6 Å². The molecule has 30 heavy (non-hydrogen) atoms. The number of amides is 1. The number of aliphatic imine (C=N–C) groups is 1. The summed E-state index contributed by atoms with van der Waals surface area (Å²) < 4.78 is 5.68. The molecule has 1 unspecified atom stereocenters. The van der Waals surface area contributed by atoms with Crippen molar-refractivity contribution in [3.63, 3.8) is 0 Å². The van der Waals surface area contributed by atoms with Crippen molar-refractivity contribution in [2.45, 2.75) is 45.4 Å². The van der Waals surface area contributed by atoms with Crippen molar-refractivity contribution in [1.82, 2.24) is 10.6 Å². The topological polar surface area (TPSA) is 74.8 Å². The van der Waals surface area contributed by atoms with Gasteiger partial charge < -0.3 is 20.7 Å². The molecular weight excluding hydrogens is 491 g/mol. The Labute approximate surface area is 195 Å². The number of hydrogen-bond acceptors (Lipinski definition) is 3. The van der Waals surface area contributed by atoms with Crippen LogP contribution in [-0.4, -0.2) is 31.6 Å². The van der Waals surface area contributed by atoms with Crippen molar-refractivity contribution in [1.29, 1.82) is 0 Å². The van der Waals surface area contributed by atoms with Gasteiger partial charge in [-0.15, -0.1) is 24.0 Å². The number of anilines is 1. The highest BCUT2D eigenvalue weighted by atomic mass is 127. The molecule has 1 amide bonds. The van der Waals surface area contributed by atoms with Crippen LogP contribution in [0, 0.1) is 0 Å². The zero-order chi connectivity index (χ0) is 20.6. The second kappa shape index (κ2) is 11.9. The quantitative estimate of drug-likeness (QED) is 0.292. The van der Waals surface area contributed by atoms with Crippen LogP contribution in [0.1, 0.15) is 42.9 Å². The lowest BCUT2D eigenvalue weighted by molar-refractivity contribution is -0.116. The van der Waals surface area contributed by atoms with E-state index in [9.17, 15) is 4.79 Å². The van der Waals surface area contributed by atoms with Crippen molar-refractivity contribution < 1.29 is 9.53 Å². The van der Waals surface area contributed by atoms with Crippen LogP contribution in [0.15, 0.2) is 53.5 Å². The molecule has 1 aliphatic rings. The van der Waals surface area contributed by atoms with Gasteiger partial charge in [-0.1, -0.05) is 42.5 Å². The molecule has 3 rings (SSSR count). The molecule has 1 aliphatic heterocycles. The average Bonchev–Trinajstić information content (AvgIpc) is 2.72. The third-order valence-electron chi connectivity index (χ3n) is 4.88. The van der Waals surface area contributed by atoms with E-state index in [1.54, 1.807) is 7.05 Å². The lowest BCUT2D eigenvalue weighted by atomic mass is 9.90. The molecule has 6 nitrogen and oxygen atoms in total. The predicted molar refractivity (Wildman–Crippen MR) is 132 cm³/mol. The molecule has 0 bridgehead atoms. The maximum Gasteiger partial charge on any atom is 0.225 e. The Hall–Kier alpha value is -2.13. The van der Waals surface area contributed by atoms with Gasteiger partial charge >= 0.3 is 0 Å². The lowest BCUT2D eigenvalue weighted by Gasteiger charge is -2.26. The van der Waals surface area contributed by atoms with Gasteiger partial charge in [-0.3, -0.25) is 9.79 Å². The van der Waals surface area contributed by atoms with E-state index in [0.29, 0.717) is 26.1 Å². The first-order valence-corrected chi connectivity index (χ1v) is 10.1. The van der Waals surface area contributed by atoms with Gasteiger partial charge in [-0.2, -0.15) is 0 Å². The molecule has 7 heteroatoms. The summed E-state index contributed by atoms with van der Waals surface area (Å²) in [6, 6.07) is 16.3. The number of nitrogens with zero attached hydrogens (tertiary/aromatic N) is 1. The molecule has 162 valence electrons. The Balaban J connectivity index is 0.00000320. The number of ether oxygens (including phenoxy) is 1. The summed E-state index contributed by atoms with van der Waals surface area (Å²) in [4.78, 5) is 16.3. The normalized spacial score (nSPS) is 15.8. The molecule has 0 saturated heterocycles. The number of carbonyl (C=O) groups excluding carboxylic acids is 1. The minimum Gasteiger partial charge on any atom is -0.374 e. The van der Waals surface area contributed by atoms with Gasteiger partial charge in [-0.25, -0.2) is 0 Å². The fourth-order valence-electron chi connectivity index (χ4n) is 3.40. The van der Waals surface area contributed by atoms with E-state index in [2.05, 4.69) is 45.2 Å². The molecule has 3 N–H and O–H groups in total. The molecule has 0 spiro atoms. The predicted octanol–water partition coefficient (Wildman–Crippen LogP) is 4.02. The maximum atomic E-state index is 12.0. The third-order valence-corrected chi connectivity index (χ3v) is 4.88. The Kier molecular flexibility index (Phi) is 9.58. The Morgan fingerprint density at radius 2 is 1.93 bits per heavy atom. The monoisotopic (exact) mass is 522 g/mol. The fraction of sp³-hybridized carbons (Fsp3) is 0.391. The van der Waals surface area contributed by atoms with Crippen LogP contribution < -0.4 is 16.0 Å². The number of para-hydroxylation sites is 1. The zero-order valence-electron chi connectivity index (χ0n) is 17.8. The Morgan fingerprint density at radius 3 is 2.70 bits per heavy atom. The maximum absolute atomic E-state index is 12.0. The number of fused-ring (bicyclic) bond motifs is 1. The second-order valence-electron chi connectivity index (χ2n) is 7.52. The summed E-state index contributed by atoms with van der Waals surface area (Å²) in [5.74, 6) is 0.895. The largest absolute Gasteiger partial charge is 0.374 e. The minimum atomic E-state index is 0. The molecule has 0 saturated carbocycles. The molecule has 0 aliphatic carbocycles. The van der Waals surface area contributed by atoms with Crippen molar-refractivity contribution in [3.05, 3.63) is 65.2 Å². The number of benzene rings is 2. The van der Waals surface area contributed by atoms with Gasteiger partial charge in [0.15, 0.2) is 5.96 Å². The summed E-state index contributed by atoms with van der Waals surface area (Å²) in [6.07, 6.45) is 0.686. The minimum absolute atomic E-state index is 0. The third kappa shape index (κ3) is 6.98. The van der Waals surface area contributed by atoms with Crippen LogP contribution in [-0.2, 0) is 22.7 Å². The summed E-state index contributed by atoms with van der Waals surface area (Å²) in [5.41, 5.74) is 4.39. The molecule has 2 aromatic rings. The molecular formula is C23H31IN4O2. The Bertz CT molecular complexity index is 870. The van der Waals surface area contributed by atoms with Crippen LogP contribution >= 0.6 is 24.0 Å². The summed E-state index contributed by atoms with van der Waals surface area (Å²) >= 11 is 0. The highest BCUT2D eigenvalue weighted by Crippen LogP contribution is 2.31. The van der Waals surface area contributed by atoms with Crippen LogP contribution in [0.4, 0.5) is 5.69 Å². The average molecular weight is 522 g/mol. The van der Waals surface area contributed by atoms with E-state index >= 15 is 0 Å². The van der Waals surface area contributed by atoms with Crippen LogP contribution in [0.25, 0.3) is 0 Å². The molecule has 0 fully saturated rings. The smallest absolute Gasteiger partial charge is 0.225 e. The molecule has 0 radical (unpaired) electrons.